The van der Waals surface area contributed by atoms with Crippen molar-refractivity contribution < 1.29 is 26.5 Å². The number of benzene rings is 6. The molecule has 248 valence electrons. The first-order valence-electron chi connectivity index (χ1n) is 16.7. The van der Waals surface area contributed by atoms with Gasteiger partial charge in [-0.25, -0.2) is 0 Å². The molecule has 1 heterocycles. The number of carbonyl (C=O) groups excluding carboxylic acids is 1. The van der Waals surface area contributed by atoms with Gasteiger partial charge in [-0.05, 0) is 34.4 Å². The van der Waals surface area contributed by atoms with Gasteiger partial charge in [-0.1, -0.05) is 170 Å². The Hall–Kier alpha value is -5.59. The molecule has 0 saturated carbocycles. The van der Waals surface area contributed by atoms with Gasteiger partial charge in [0.1, 0.15) is 12.1 Å². The molecule has 50 heavy (non-hydrogen) atoms. The first kappa shape index (κ1) is 34.3. The van der Waals surface area contributed by atoms with E-state index in [0.717, 1.165) is 39.2 Å². The third kappa shape index (κ3) is 7.07. The zero-order valence-corrected chi connectivity index (χ0v) is 29.5. The molecule has 0 aliphatic heterocycles. The average Bonchev–Trinajstić information content (AvgIpc) is 3.49. The van der Waals surface area contributed by atoms with E-state index in [1.807, 2.05) is 84.9 Å². The van der Waals surface area contributed by atoms with Gasteiger partial charge >= 0.3 is 0 Å². The van der Waals surface area contributed by atoms with E-state index >= 15 is 0 Å². The lowest BCUT2D eigenvalue weighted by molar-refractivity contribution is -0.738. The van der Waals surface area contributed by atoms with Gasteiger partial charge in [0, 0.05) is 24.5 Å². The molecule has 7 rings (SSSR count). The van der Waals surface area contributed by atoms with Crippen LogP contribution in [0.15, 0.2) is 182 Å². The molecule has 1 aromatic heterocycles. The summed E-state index contributed by atoms with van der Waals surface area (Å²) in [4.78, 5) is 14.5. The normalized spacial score (nSPS) is 11.7. The van der Waals surface area contributed by atoms with Crippen LogP contribution in [0.1, 0.15) is 44.3 Å². The second kappa shape index (κ2) is 15.7. The van der Waals surface area contributed by atoms with E-state index in [4.69, 9.17) is 5.21 Å². The smallest absolute Gasteiger partial charge is 0.252 e. The summed E-state index contributed by atoms with van der Waals surface area (Å²) >= 11 is 0. The van der Waals surface area contributed by atoms with Crippen LogP contribution in [0.5, 0.6) is 0 Å². The van der Waals surface area contributed by atoms with Crippen LogP contribution in [0, 0.1) is 6.92 Å². The number of halogens is 1. The van der Waals surface area contributed by atoms with Gasteiger partial charge in [0.2, 0.25) is 5.69 Å². The second-order valence-electron chi connectivity index (χ2n) is 12.3. The monoisotopic (exact) mass is 718 g/mol. The van der Waals surface area contributed by atoms with Gasteiger partial charge < -0.3 is 22.3 Å². The molecule has 0 spiro atoms. The van der Waals surface area contributed by atoms with Crippen molar-refractivity contribution in [2.75, 3.05) is 0 Å². The molecule has 7 aromatic rings. The van der Waals surface area contributed by atoms with E-state index in [0.29, 0.717) is 18.5 Å². The van der Waals surface area contributed by atoms with Crippen molar-refractivity contribution in [2.45, 2.75) is 31.5 Å². The molecule has 0 aliphatic rings. The maximum atomic E-state index is 14.5. The maximum absolute atomic E-state index is 14.5. The quantitative estimate of drug-likeness (QED) is 0.183. The zero-order valence-electron chi connectivity index (χ0n) is 27.9. The predicted octanol–water partition coefficient (Wildman–Crippen LogP) is 5.36. The van der Waals surface area contributed by atoms with E-state index < -0.39 is 5.54 Å². The lowest BCUT2D eigenvalue weighted by Gasteiger charge is -2.40. The minimum atomic E-state index is -1.03. The van der Waals surface area contributed by atoms with Crippen LogP contribution in [0.4, 0.5) is 0 Å². The fourth-order valence-electron chi connectivity index (χ4n) is 6.92. The molecule has 6 heteroatoms. The van der Waals surface area contributed by atoms with E-state index in [1.54, 1.807) is 0 Å². The number of rotatable bonds is 11. The molecule has 0 saturated heterocycles. The van der Waals surface area contributed by atoms with Crippen LogP contribution in [0.2, 0.25) is 0 Å². The Kier molecular flexibility index (Phi) is 10.8. The van der Waals surface area contributed by atoms with Crippen LogP contribution in [0.25, 0.3) is 11.3 Å². The number of carbonyl (C=O) groups is 1. The van der Waals surface area contributed by atoms with Crippen molar-refractivity contribution in [3.63, 3.8) is 0 Å². The highest BCUT2D eigenvalue weighted by atomic mass is 79.9. The van der Waals surface area contributed by atoms with Crippen LogP contribution in [-0.2, 0) is 18.5 Å². The third-order valence-corrected chi connectivity index (χ3v) is 9.24. The van der Waals surface area contributed by atoms with Crippen molar-refractivity contribution in [3.05, 3.63) is 216 Å². The van der Waals surface area contributed by atoms with Gasteiger partial charge in [0.15, 0.2) is 11.7 Å². The highest BCUT2D eigenvalue weighted by Crippen LogP contribution is 2.43. The van der Waals surface area contributed by atoms with Gasteiger partial charge in [0.25, 0.3) is 5.91 Å². The van der Waals surface area contributed by atoms with Crippen LogP contribution in [-0.4, -0.2) is 15.8 Å². The molecule has 1 amide bonds. The number of amides is 1. The van der Waals surface area contributed by atoms with Gasteiger partial charge in [-0.3, -0.25) is 4.79 Å². The molecule has 0 bridgehead atoms. The minimum absolute atomic E-state index is 0. The van der Waals surface area contributed by atoms with Crippen molar-refractivity contribution in [1.29, 1.82) is 0 Å². The predicted molar refractivity (Wildman–Crippen MR) is 195 cm³/mol. The zero-order chi connectivity index (χ0) is 33.5. The van der Waals surface area contributed by atoms with Crippen molar-refractivity contribution in [3.8, 4) is 11.3 Å². The Labute approximate surface area is 304 Å². The average molecular weight is 720 g/mol. The summed E-state index contributed by atoms with van der Waals surface area (Å²) in [7, 11) is 0. The number of nitrogens with one attached hydrogen (secondary N) is 1. The first-order chi connectivity index (χ1) is 24.1. The minimum Gasteiger partial charge on any atom is -1.00 e. The van der Waals surface area contributed by atoms with E-state index in [9.17, 15) is 4.79 Å². The van der Waals surface area contributed by atoms with Gasteiger partial charge in [0.05, 0.1) is 5.21 Å². The lowest BCUT2D eigenvalue weighted by Crippen LogP contribution is -3.00. The number of hydrogen-bond acceptors (Lipinski definition) is 2. The second-order valence-corrected chi connectivity index (χ2v) is 12.3. The van der Waals surface area contributed by atoms with Crippen LogP contribution < -0.4 is 27.0 Å². The molecule has 6 aromatic carbocycles. The highest BCUT2D eigenvalue weighted by molar-refractivity contribution is 5.95. The van der Waals surface area contributed by atoms with Crippen molar-refractivity contribution in [2.24, 2.45) is 0 Å². The Morgan fingerprint density at radius 1 is 0.640 bits per heavy atom. The molecule has 0 unspecified atom stereocenters. The summed E-state index contributed by atoms with van der Waals surface area (Å²) in [6.07, 6.45) is 0.599. The number of aromatic nitrogens is 3. The van der Waals surface area contributed by atoms with Crippen LogP contribution in [0.3, 0.4) is 0 Å². The topological polar surface area (TPSA) is 50.8 Å². The van der Waals surface area contributed by atoms with E-state index in [2.05, 4.69) is 119 Å². The standard InChI is InChI=1S/C44H38N4O.BrH/c1-34-42(37-24-12-4-13-25-37)47(33-36-22-10-3-11-23-36)46-48(34)41(32-35-20-8-2-9-21-35)44(39-28-16-6-17-29-39,40-30-18-7-19-31-40)45-43(49)38-26-14-5-15-27-38;/h2-31,41H,32-33H2,1H3;1H/t41-;/m0./s1. The summed E-state index contributed by atoms with van der Waals surface area (Å²) < 4.78 is 4.27. The summed E-state index contributed by atoms with van der Waals surface area (Å²) in [6.45, 7) is 2.74. The molecule has 1 atom stereocenters. The first-order valence-corrected chi connectivity index (χ1v) is 16.7. The molecule has 0 radical (unpaired) electrons. The SMILES string of the molecule is Cc1c(-c2ccccc2)[n+](Cc2ccccc2)nn1[C@@H](Cc1ccccc1)C(NC(=O)c1ccccc1)(c1ccccc1)c1ccccc1.[Br-]. The Morgan fingerprint density at radius 3 is 1.60 bits per heavy atom. The Balaban J connectivity index is 0.00000432. The van der Waals surface area contributed by atoms with Gasteiger partial charge in [-0.2, -0.15) is 0 Å². The van der Waals surface area contributed by atoms with E-state index in [1.165, 1.54) is 0 Å². The summed E-state index contributed by atoms with van der Waals surface area (Å²) in [5.41, 5.74) is 6.93. The molecule has 5 nitrogen and oxygen atoms in total. The fourth-order valence-corrected chi connectivity index (χ4v) is 6.92. The molecule has 0 fully saturated rings. The van der Waals surface area contributed by atoms with Crippen molar-refractivity contribution >= 4 is 5.91 Å². The molecule has 0 aliphatic carbocycles. The third-order valence-electron chi connectivity index (χ3n) is 9.24. The largest absolute Gasteiger partial charge is 1.00 e. The van der Waals surface area contributed by atoms with Crippen LogP contribution >= 0.6 is 0 Å². The van der Waals surface area contributed by atoms with Crippen molar-refractivity contribution in [1.82, 2.24) is 15.2 Å². The Morgan fingerprint density at radius 2 is 1.08 bits per heavy atom. The molecular formula is C44H39BrN4O. The molecular weight excluding hydrogens is 680 g/mol. The summed E-state index contributed by atoms with van der Waals surface area (Å²) in [5, 5.41) is 9.09. The van der Waals surface area contributed by atoms with Gasteiger partial charge in [-0.15, -0.1) is 9.36 Å². The highest BCUT2D eigenvalue weighted by Gasteiger charge is 2.50. The maximum Gasteiger partial charge on any atom is 0.252 e. The number of hydrogen-bond donors (Lipinski definition) is 1. The molecule has 1 N–H and O–H groups in total. The number of nitrogens with zero attached hydrogens (tertiary/aromatic N) is 3. The summed E-state index contributed by atoms with van der Waals surface area (Å²) in [6, 6.07) is 61.1. The lowest BCUT2D eigenvalue weighted by atomic mass is 9.74. The Bertz CT molecular complexity index is 2070. The fraction of sp³-hybridized carbons (Fsp3) is 0.114. The van der Waals surface area contributed by atoms with E-state index in [-0.39, 0.29) is 28.9 Å². The summed E-state index contributed by atoms with van der Waals surface area (Å²) in [5.74, 6) is -0.156.